The molecule has 12 heteroatoms. The zero-order valence-corrected chi connectivity index (χ0v) is 22.0. The van der Waals surface area contributed by atoms with E-state index in [9.17, 15) is 14.3 Å². The molecule has 2 aromatic heterocycles. The number of nitrogens with zero attached hydrogens (tertiary/aromatic N) is 4. The number of rotatable bonds is 6. The normalized spacial score (nSPS) is 26.2. The van der Waals surface area contributed by atoms with E-state index in [0.717, 1.165) is 19.3 Å². The summed E-state index contributed by atoms with van der Waals surface area (Å²) in [6, 6.07) is 2.42. The first-order valence-corrected chi connectivity index (χ1v) is 13.3. The predicted octanol–water partition coefficient (Wildman–Crippen LogP) is 5.34. The van der Waals surface area contributed by atoms with Crippen LogP contribution < -0.4 is 16.4 Å². The maximum Gasteiger partial charge on any atom is 0.224 e. The number of hydrogen-bond acceptors (Lipinski definition) is 7. The van der Waals surface area contributed by atoms with E-state index >= 15 is 0 Å². The molecule has 2 fully saturated rings. The van der Waals surface area contributed by atoms with Crippen LogP contribution in [0, 0.1) is 11.2 Å². The van der Waals surface area contributed by atoms with E-state index in [-0.39, 0.29) is 34.1 Å². The number of halogens is 3. The molecule has 2 saturated carbocycles. The number of anilines is 3. The van der Waals surface area contributed by atoms with Gasteiger partial charge in [0.15, 0.2) is 5.65 Å². The summed E-state index contributed by atoms with van der Waals surface area (Å²) >= 11 is 12.6. The first-order valence-electron chi connectivity index (χ1n) is 12.5. The Bertz CT molecular complexity index is 1300. The maximum absolute atomic E-state index is 13.8. The van der Waals surface area contributed by atoms with E-state index in [0.29, 0.717) is 60.9 Å². The van der Waals surface area contributed by atoms with Crippen molar-refractivity contribution >= 4 is 57.9 Å². The molecule has 3 aromatic rings. The number of benzene rings is 1. The van der Waals surface area contributed by atoms with Gasteiger partial charge in [-0.25, -0.2) is 14.4 Å². The molecule has 1 aromatic carbocycles. The summed E-state index contributed by atoms with van der Waals surface area (Å²) in [6.07, 6.45) is 7.26. The Morgan fingerprint density at radius 2 is 1.89 bits per heavy atom. The Morgan fingerprint density at radius 3 is 2.54 bits per heavy atom. The molecule has 1 amide bonds. The van der Waals surface area contributed by atoms with Crippen LogP contribution in [0.5, 0.6) is 0 Å². The lowest BCUT2D eigenvalue weighted by Gasteiger charge is -2.35. The van der Waals surface area contributed by atoms with Crippen molar-refractivity contribution < 1.29 is 14.3 Å². The molecule has 0 bridgehead atoms. The number of fused-ring (bicyclic) bond motifs is 1. The van der Waals surface area contributed by atoms with Crippen molar-refractivity contribution in [3.8, 4) is 0 Å². The van der Waals surface area contributed by atoms with Crippen LogP contribution in [0.1, 0.15) is 64.3 Å². The van der Waals surface area contributed by atoms with Gasteiger partial charge >= 0.3 is 0 Å². The Kier molecular flexibility index (Phi) is 7.17. The van der Waals surface area contributed by atoms with Crippen molar-refractivity contribution in [2.45, 2.75) is 76.5 Å². The lowest BCUT2D eigenvalue weighted by Crippen LogP contribution is -2.38. The number of primary amides is 1. The fourth-order valence-electron chi connectivity index (χ4n) is 5.39. The number of amides is 1. The molecule has 2 atom stereocenters. The molecule has 2 aliphatic rings. The molecule has 5 N–H and O–H groups in total. The Labute approximate surface area is 224 Å². The van der Waals surface area contributed by atoms with Crippen LogP contribution in [0.3, 0.4) is 0 Å². The SMILES string of the molecule is CC1(C(N)=O)CCC(n2c(Nc3c(Cl)cc(F)cc3Cl)nc3cnc(N[C@@H]4CCC[C@H](O)C4)nc32)CC1. The fraction of sp³-hybridized carbons (Fsp3) is 0.520. The third kappa shape index (κ3) is 5.32. The van der Waals surface area contributed by atoms with Gasteiger partial charge in [-0.3, -0.25) is 9.36 Å². The Morgan fingerprint density at radius 1 is 1.19 bits per heavy atom. The van der Waals surface area contributed by atoms with E-state index in [1.54, 1.807) is 6.20 Å². The molecule has 0 aliphatic heterocycles. The summed E-state index contributed by atoms with van der Waals surface area (Å²) in [5.74, 6) is 0.0576. The van der Waals surface area contributed by atoms with Crippen molar-refractivity contribution in [2.24, 2.45) is 11.1 Å². The highest BCUT2D eigenvalue weighted by molar-refractivity contribution is 6.39. The summed E-state index contributed by atoms with van der Waals surface area (Å²) in [7, 11) is 0. The first kappa shape index (κ1) is 25.9. The molecular weight excluding hydrogens is 520 g/mol. The largest absolute Gasteiger partial charge is 0.393 e. The van der Waals surface area contributed by atoms with E-state index in [1.165, 1.54) is 12.1 Å². The smallest absolute Gasteiger partial charge is 0.224 e. The summed E-state index contributed by atoms with van der Waals surface area (Å²) in [5, 5.41) is 16.8. The van der Waals surface area contributed by atoms with Crippen LogP contribution in [-0.4, -0.2) is 42.7 Å². The van der Waals surface area contributed by atoms with Gasteiger partial charge in [0.1, 0.15) is 11.3 Å². The van der Waals surface area contributed by atoms with Crippen molar-refractivity contribution in [1.82, 2.24) is 19.5 Å². The molecule has 0 unspecified atom stereocenters. The minimum absolute atomic E-state index is 0.0304. The van der Waals surface area contributed by atoms with Crippen LogP contribution in [0.2, 0.25) is 10.0 Å². The van der Waals surface area contributed by atoms with Gasteiger partial charge in [0, 0.05) is 17.5 Å². The molecule has 5 rings (SSSR count). The zero-order valence-electron chi connectivity index (χ0n) is 20.5. The quantitative estimate of drug-likeness (QED) is 0.326. The standard InChI is InChI=1S/C25H30Cl2FN7O2/c1-25(22(29)37)7-5-15(6-8-25)35-21-19(12-30-23(34-21)31-14-3-2-4-16(36)11-14)32-24(35)33-20-17(26)9-13(28)10-18(20)27/h9-10,12,14-16,36H,2-8,11H2,1H3,(H2,29,37)(H,32,33)(H,30,31,34)/t14-,15?,16+,25?/m1/s1. The van der Waals surface area contributed by atoms with Gasteiger partial charge in [-0.15, -0.1) is 0 Å². The Balaban J connectivity index is 1.52. The van der Waals surface area contributed by atoms with Crippen LogP contribution in [-0.2, 0) is 4.79 Å². The third-order valence-corrected chi connectivity index (χ3v) is 8.27. The van der Waals surface area contributed by atoms with Crippen molar-refractivity contribution in [1.29, 1.82) is 0 Å². The van der Waals surface area contributed by atoms with Gasteiger partial charge in [0.25, 0.3) is 0 Å². The lowest BCUT2D eigenvalue weighted by molar-refractivity contribution is -0.128. The second kappa shape index (κ2) is 10.2. The summed E-state index contributed by atoms with van der Waals surface area (Å²) in [6.45, 7) is 1.90. The summed E-state index contributed by atoms with van der Waals surface area (Å²) < 4.78 is 15.8. The number of carbonyl (C=O) groups is 1. The van der Waals surface area contributed by atoms with Crippen LogP contribution in [0.4, 0.5) is 22.0 Å². The predicted molar refractivity (Wildman–Crippen MR) is 142 cm³/mol. The van der Waals surface area contributed by atoms with Gasteiger partial charge < -0.3 is 21.5 Å². The Hall–Kier alpha value is -2.69. The number of carbonyl (C=O) groups excluding carboxylic acids is 1. The molecule has 0 radical (unpaired) electrons. The topological polar surface area (TPSA) is 131 Å². The number of aliphatic hydroxyl groups is 1. The highest BCUT2D eigenvalue weighted by Crippen LogP contribution is 2.43. The number of hydrogen-bond donors (Lipinski definition) is 4. The van der Waals surface area contributed by atoms with E-state index in [1.807, 2.05) is 11.5 Å². The van der Waals surface area contributed by atoms with E-state index < -0.39 is 11.2 Å². The second-order valence-electron chi connectivity index (χ2n) is 10.4. The van der Waals surface area contributed by atoms with Crippen molar-refractivity contribution in [3.05, 3.63) is 34.2 Å². The number of aliphatic hydroxyl groups excluding tert-OH is 1. The van der Waals surface area contributed by atoms with Gasteiger partial charge in [-0.1, -0.05) is 30.1 Å². The minimum Gasteiger partial charge on any atom is -0.393 e. The lowest BCUT2D eigenvalue weighted by atomic mass is 9.73. The monoisotopic (exact) mass is 549 g/mol. The average molecular weight is 550 g/mol. The molecular formula is C25H30Cl2FN7O2. The second-order valence-corrected chi connectivity index (χ2v) is 11.2. The highest BCUT2D eigenvalue weighted by atomic mass is 35.5. The third-order valence-electron chi connectivity index (χ3n) is 7.67. The van der Waals surface area contributed by atoms with Crippen LogP contribution >= 0.6 is 23.2 Å². The number of nitrogens with one attached hydrogen (secondary N) is 2. The van der Waals surface area contributed by atoms with Gasteiger partial charge in [0.05, 0.1) is 28.0 Å². The van der Waals surface area contributed by atoms with Crippen LogP contribution in [0.15, 0.2) is 18.3 Å². The van der Waals surface area contributed by atoms with Gasteiger partial charge in [-0.2, -0.15) is 4.98 Å². The van der Waals surface area contributed by atoms with Gasteiger partial charge in [-0.05, 0) is 63.5 Å². The molecule has 0 saturated heterocycles. The van der Waals surface area contributed by atoms with E-state index in [4.69, 9.17) is 38.9 Å². The van der Waals surface area contributed by atoms with Crippen molar-refractivity contribution in [3.63, 3.8) is 0 Å². The number of nitrogens with two attached hydrogens (primary N) is 1. The molecule has 9 nitrogen and oxygen atoms in total. The molecule has 198 valence electrons. The summed E-state index contributed by atoms with van der Waals surface area (Å²) in [4.78, 5) is 26.0. The van der Waals surface area contributed by atoms with Crippen LogP contribution in [0.25, 0.3) is 11.2 Å². The average Bonchev–Trinajstić information content (AvgIpc) is 3.19. The highest BCUT2D eigenvalue weighted by Gasteiger charge is 2.38. The molecule has 2 heterocycles. The molecule has 2 aliphatic carbocycles. The minimum atomic E-state index is -0.562. The zero-order chi connectivity index (χ0) is 26.3. The van der Waals surface area contributed by atoms with Gasteiger partial charge in [0.2, 0.25) is 17.8 Å². The maximum atomic E-state index is 13.8. The summed E-state index contributed by atoms with van der Waals surface area (Å²) in [5.41, 5.74) is 6.62. The first-order chi connectivity index (χ1) is 17.6. The molecule has 0 spiro atoms. The molecule has 37 heavy (non-hydrogen) atoms. The van der Waals surface area contributed by atoms with Crippen molar-refractivity contribution in [2.75, 3.05) is 10.6 Å². The fourth-order valence-corrected chi connectivity index (χ4v) is 5.94. The van der Waals surface area contributed by atoms with E-state index in [2.05, 4.69) is 15.6 Å². The number of imidazole rings is 1. The number of aromatic nitrogens is 4.